The lowest BCUT2D eigenvalue weighted by Crippen LogP contribution is -2.61. The maximum absolute atomic E-state index is 10.5. The van der Waals surface area contributed by atoms with Crippen LogP contribution in [0.3, 0.4) is 0 Å². The van der Waals surface area contributed by atoms with Crippen molar-refractivity contribution in [2.45, 2.75) is 19.1 Å². The molecule has 2 rings (SSSR count). The summed E-state index contributed by atoms with van der Waals surface area (Å²) in [4.78, 5) is 16.6. The SMILES string of the molecule is CC1(OCC(=O)O)CN(Cc2cccnc2C#N)C1. The van der Waals surface area contributed by atoms with Gasteiger partial charge in [-0.1, -0.05) is 6.07 Å². The van der Waals surface area contributed by atoms with Crippen molar-refractivity contribution in [2.75, 3.05) is 19.7 Å². The number of hydrogen-bond donors (Lipinski definition) is 1. The number of ether oxygens (including phenoxy) is 1. The van der Waals surface area contributed by atoms with Crippen molar-refractivity contribution in [2.24, 2.45) is 0 Å². The summed E-state index contributed by atoms with van der Waals surface area (Å²) in [6.07, 6.45) is 1.60. The van der Waals surface area contributed by atoms with Crippen LogP contribution in [-0.2, 0) is 16.1 Å². The van der Waals surface area contributed by atoms with Gasteiger partial charge in [0.05, 0.1) is 5.60 Å². The number of pyridine rings is 1. The summed E-state index contributed by atoms with van der Waals surface area (Å²) in [5.41, 5.74) is 0.903. The molecule has 0 aromatic carbocycles. The number of nitrogens with zero attached hydrogens (tertiary/aromatic N) is 3. The number of likely N-dealkylation sites (tertiary alicyclic amines) is 1. The van der Waals surface area contributed by atoms with E-state index in [1.807, 2.05) is 13.0 Å². The van der Waals surface area contributed by atoms with Gasteiger partial charge in [-0.05, 0) is 13.0 Å². The van der Waals surface area contributed by atoms with Crippen molar-refractivity contribution in [1.82, 2.24) is 9.88 Å². The van der Waals surface area contributed by atoms with Crippen LogP contribution in [-0.4, -0.2) is 46.3 Å². The van der Waals surface area contributed by atoms with E-state index in [2.05, 4.69) is 16.0 Å². The molecule has 19 heavy (non-hydrogen) atoms. The first kappa shape index (κ1) is 13.5. The van der Waals surface area contributed by atoms with Crippen LogP contribution in [0.1, 0.15) is 18.2 Å². The summed E-state index contributed by atoms with van der Waals surface area (Å²) in [5, 5.41) is 17.5. The van der Waals surface area contributed by atoms with Crippen molar-refractivity contribution in [1.29, 1.82) is 5.26 Å². The van der Waals surface area contributed by atoms with E-state index in [9.17, 15) is 4.79 Å². The molecule has 0 saturated carbocycles. The van der Waals surface area contributed by atoms with E-state index in [0.717, 1.165) is 5.56 Å². The second kappa shape index (κ2) is 5.34. The van der Waals surface area contributed by atoms with Gasteiger partial charge in [0, 0.05) is 31.4 Å². The number of carboxylic acids is 1. The van der Waals surface area contributed by atoms with E-state index in [1.54, 1.807) is 12.3 Å². The van der Waals surface area contributed by atoms with Crippen molar-refractivity contribution in [3.05, 3.63) is 29.6 Å². The number of hydrogen-bond acceptors (Lipinski definition) is 5. The molecule has 100 valence electrons. The summed E-state index contributed by atoms with van der Waals surface area (Å²) in [5.74, 6) is -0.960. The summed E-state index contributed by atoms with van der Waals surface area (Å²) in [6.45, 7) is 3.55. The average Bonchev–Trinajstić information content (AvgIpc) is 2.35. The van der Waals surface area contributed by atoms with Crippen LogP contribution in [0.15, 0.2) is 18.3 Å². The molecular weight excluding hydrogens is 246 g/mol. The van der Waals surface area contributed by atoms with E-state index in [4.69, 9.17) is 15.1 Å². The number of carbonyl (C=O) groups is 1. The van der Waals surface area contributed by atoms with E-state index >= 15 is 0 Å². The van der Waals surface area contributed by atoms with Crippen LogP contribution < -0.4 is 0 Å². The zero-order valence-electron chi connectivity index (χ0n) is 10.7. The Morgan fingerprint density at radius 1 is 1.68 bits per heavy atom. The van der Waals surface area contributed by atoms with Gasteiger partial charge in [0.1, 0.15) is 18.4 Å². The molecule has 6 nitrogen and oxygen atoms in total. The molecular formula is C13H15N3O3. The largest absolute Gasteiger partial charge is 0.480 e. The summed E-state index contributed by atoms with van der Waals surface area (Å²) >= 11 is 0. The molecule has 0 radical (unpaired) electrons. The Balaban J connectivity index is 1.88. The minimum absolute atomic E-state index is 0.277. The van der Waals surface area contributed by atoms with Crippen LogP contribution in [0, 0.1) is 11.3 Å². The highest BCUT2D eigenvalue weighted by Crippen LogP contribution is 2.26. The minimum Gasteiger partial charge on any atom is -0.480 e. The van der Waals surface area contributed by atoms with E-state index in [1.165, 1.54) is 0 Å². The fraction of sp³-hybridized carbons (Fsp3) is 0.462. The minimum atomic E-state index is -0.960. The third-order valence-corrected chi connectivity index (χ3v) is 3.05. The van der Waals surface area contributed by atoms with Crippen LogP contribution in [0.2, 0.25) is 0 Å². The summed E-state index contributed by atoms with van der Waals surface area (Å²) < 4.78 is 5.33. The van der Waals surface area contributed by atoms with Gasteiger partial charge in [-0.3, -0.25) is 4.90 Å². The van der Waals surface area contributed by atoms with Crippen molar-refractivity contribution >= 4 is 5.97 Å². The molecule has 0 aliphatic carbocycles. The maximum Gasteiger partial charge on any atom is 0.329 e. The molecule has 6 heteroatoms. The standard InChI is InChI=1S/C13H15N3O3/c1-13(19-7-12(17)18)8-16(9-13)6-10-3-2-4-15-11(10)5-14/h2-4H,6-9H2,1H3,(H,17,18). The van der Waals surface area contributed by atoms with Gasteiger partial charge >= 0.3 is 5.97 Å². The zero-order chi connectivity index (χ0) is 13.9. The molecule has 1 saturated heterocycles. The molecule has 1 aliphatic rings. The van der Waals surface area contributed by atoms with Crippen LogP contribution >= 0.6 is 0 Å². The number of rotatable bonds is 5. The molecule has 1 aliphatic heterocycles. The Bertz CT molecular complexity index is 518. The van der Waals surface area contributed by atoms with Crippen LogP contribution in [0.25, 0.3) is 0 Å². The summed E-state index contributed by atoms with van der Waals surface area (Å²) in [6, 6.07) is 5.74. The highest BCUT2D eigenvalue weighted by molar-refractivity contribution is 5.68. The van der Waals surface area contributed by atoms with E-state index in [-0.39, 0.29) is 6.61 Å². The fourth-order valence-electron chi connectivity index (χ4n) is 2.25. The maximum atomic E-state index is 10.5. The van der Waals surface area contributed by atoms with Crippen LogP contribution in [0.4, 0.5) is 0 Å². The predicted molar refractivity (Wildman–Crippen MR) is 66.2 cm³/mol. The normalized spacial score (nSPS) is 17.5. The number of carboxylic acid groups (broad SMARTS) is 1. The molecule has 0 atom stereocenters. The first-order valence-corrected chi connectivity index (χ1v) is 5.94. The molecule has 1 aromatic rings. The van der Waals surface area contributed by atoms with Gasteiger partial charge in [-0.2, -0.15) is 5.26 Å². The third kappa shape index (κ3) is 3.28. The zero-order valence-corrected chi connectivity index (χ0v) is 10.7. The lowest BCUT2D eigenvalue weighted by Gasteiger charge is -2.47. The Labute approximate surface area is 111 Å². The summed E-state index contributed by atoms with van der Waals surface area (Å²) in [7, 11) is 0. The first-order valence-electron chi connectivity index (χ1n) is 5.94. The Morgan fingerprint density at radius 3 is 3.05 bits per heavy atom. The quantitative estimate of drug-likeness (QED) is 0.836. The molecule has 2 heterocycles. The predicted octanol–water partition coefficient (Wildman–Crippen LogP) is 0.629. The van der Waals surface area contributed by atoms with Gasteiger partial charge in [0.25, 0.3) is 0 Å². The highest BCUT2D eigenvalue weighted by Gasteiger charge is 2.40. The molecule has 1 aromatic heterocycles. The number of aliphatic carboxylic acids is 1. The van der Waals surface area contributed by atoms with Crippen molar-refractivity contribution in [3.63, 3.8) is 0 Å². The van der Waals surface area contributed by atoms with E-state index < -0.39 is 11.6 Å². The Morgan fingerprint density at radius 2 is 2.42 bits per heavy atom. The molecule has 0 spiro atoms. The highest BCUT2D eigenvalue weighted by atomic mass is 16.5. The van der Waals surface area contributed by atoms with Gasteiger partial charge in [0.15, 0.2) is 0 Å². The van der Waals surface area contributed by atoms with Gasteiger partial charge in [-0.15, -0.1) is 0 Å². The third-order valence-electron chi connectivity index (χ3n) is 3.05. The van der Waals surface area contributed by atoms with Gasteiger partial charge in [0.2, 0.25) is 0 Å². The molecule has 0 bridgehead atoms. The molecule has 0 unspecified atom stereocenters. The lowest BCUT2D eigenvalue weighted by molar-refractivity contribution is -0.165. The number of aromatic nitrogens is 1. The van der Waals surface area contributed by atoms with Crippen molar-refractivity contribution in [3.8, 4) is 6.07 Å². The topological polar surface area (TPSA) is 86.5 Å². The second-order valence-electron chi connectivity index (χ2n) is 4.90. The van der Waals surface area contributed by atoms with Gasteiger partial charge in [-0.25, -0.2) is 9.78 Å². The fourth-order valence-corrected chi connectivity index (χ4v) is 2.25. The monoisotopic (exact) mass is 261 g/mol. The molecule has 1 fully saturated rings. The second-order valence-corrected chi connectivity index (χ2v) is 4.90. The van der Waals surface area contributed by atoms with E-state index in [0.29, 0.717) is 25.3 Å². The molecule has 1 N–H and O–H groups in total. The number of nitriles is 1. The lowest BCUT2D eigenvalue weighted by atomic mass is 9.95. The smallest absolute Gasteiger partial charge is 0.329 e. The van der Waals surface area contributed by atoms with Crippen LogP contribution in [0.5, 0.6) is 0 Å². The van der Waals surface area contributed by atoms with Gasteiger partial charge < -0.3 is 9.84 Å². The first-order chi connectivity index (χ1) is 9.02. The molecule has 0 amide bonds. The Kier molecular flexibility index (Phi) is 3.79. The Hall–Kier alpha value is -1.97. The average molecular weight is 261 g/mol. The van der Waals surface area contributed by atoms with Crippen molar-refractivity contribution < 1.29 is 14.6 Å².